The van der Waals surface area contributed by atoms with Crippen molar-refractivity contribution in [1.29, 1.82) is 0 Å². The zero-order chi connectivity index (χ0) is 61.6. The van der Waals surface area contributed by atoms with E-state index in [4.69, 9.17) is 0 Å². The van der Waals surface area contributed by atoms with Gasteiger partial charge in [-0.05, 0) is 204 Å². The smallest absolute Gasteiger partial charge is 0.0754 e. The molecule has 436 valence electrons. The van der Waals surface area contributed by atoms with E-state index in [1.807, 2.05) is 0 Å². The number of anilines is 6. The van der Waals surface area contributed by atoms with Crippen LogP contribution in [0, 0.1) is 0 Å². The maximum Gasteiger partial charge on any atom is 0.0754 e. The second-order valence-corrected chi connectivity index (χ2v) is 25.6. The van der Waals surface area contributed by atoms with Crippen molar-refractivity contribution in [3.05, 3.63) is 396 Å². The Balaban J connectivity index is 0.870. The summed E-state index contributed by atoms with van der Waals surface area (Å²) < 4.78 is 0. The van der Waals surface area contributed by atoms with Crippen LogP contribution < -0.4 is 9.80 Å². The summed E-state index contributed by atoms with van der Waals surface area (Å²) in [5.41, 5.74) is 30.9. The van der Waals surface area contributed by atoms with Gasteiger partial charge < -0.3 is 9.80 Å². The first kappa shape index (κ1) is 52.7. The lowest BCUT2D eigenvalue weighted by molar-refractivity contribution is 0.753. The summed E-state index contributed by atoms with van der Waals surface area (Å²) in [6.45, 7) is 0. The van der Waals surface area contributed by atoms with Gasteiger partial charge in [0.1, 0.15) is 0 Å². The molecule has 16 aromatic carbocycles. The van der Waals surface area contributed by atoms with Crippen molar-refractivity contribution in [3.63, 3.8) is 0 Å². The van der Waals surface area contributed by atoms with Gasteiger partial charge in [-0.25, -0.2) is 0 Å². The van der Waals surface area contributed by atoms with Gasteiger partial charge in [-0.3, -0.25) is 0 Å². The van der Waals surface area contributed by atoms with Gasteiger partial charge in [-0.1, -0.05) is 291 Å². The van der Waals surface area contributed by atoms with Gasteiger partial charge in [0.2, 0.25) is 0 Å². The Morgan fingerprint density at radius 3 is 1.00 bits per heavy atom. The van der Waals surface area contributed by atoms with E-state index in [1.165, 1.54) is 166 Å². The van der Waals surface area contributed by atoms with Gasteiger partial charge in [0.05, 0.1) is 33.6 Å². The molecule has 0 N–H and O–H groups in total. The van der Waals surface area contributed by atoms with E-state index in [9.17, 15) is 0 Å². The van der Waals surface area contributed by atoms with Crippen LogP contribution >= 0.6 is 0 Å². The van der Waals surface area contributed by atoms with E-state index in [0.717, 1.165) is 11.4 Å². The number of para-hydroxylation sites is 6. The molecule has 0 unspecified atom stereocenters. The molecule has 0 fully saturated rings. The molecule has 0 amide bonds. The van der Waals surface area contributed by atoms with Crippen molar-refractivity contribution in [3.8, 4) is 66.8 Å². The van der Waals surface area contributed by atoms with Crippen LogP contribution in [-0.2, 0) is 10.8 Å². The fraction of sp³-hybridized carbons (Fsp3) is 0.0217. The number of nitrogens with zero attached hydrogens (tertiary/aromatic N) is 2. The average molecular weight is 1190 g/mol. The minimum atomic E-state index is -0.613. The summed E-state index contributed by atoms with van der Waals surface area (Å²) in [6.07, 6.45) is 0. The van der Waals surface area contributed by atoms with Gasteiger partial charge in [-0.15, -0.1) is 0 Å². The first-order valence-corrected chi connectivity index (χ1v) is 32.8. The number of fused-ring (bicyclic) bond motifs is 21. The largest absolute Gasteiger partial charge is 0.310 e. The SMILES string of the molecule is c1ccc(-c2ccc3c(-c4c5cccc(-c6cccc7c6-c6ccccc6C76c7ccccc7N(c7ccccc7)c7ccccc76)c5cc5c(-c6cccc7c6-c6ccccc6C76c7ccccc7N(c7ccccc7)c7ccccc76)cccc45)cccc3c2)cc1. The van der Waals surface area contributed by atoms with Crippen LogP contribution in [0.25, 0.3) is 99.1 Å². The Morgan fingerprint density at radius 1 is 0.181 bits per heavy atom. The van der Waals surface area contributed by atoms with Gasteiger partial charge in [0.15, 0.2) is 0 Å². The predicted octanol–water partition coefficient (Wildman–Crippen LogP) is 24.1. The summed E-state index contributed by atoms with van der Waals surface area (Å²) in [6, 6.07) is 133. The average Bonchev–Trinajstić information content (AvgIpc) is 1.46. The highest BCUT2D eigenvalue weighted by Gasteiger charge is 2.54. The third-order valence-corrected chi connectivity index (χ3v) is 21.2. The normalized spacial score (nSPS) is 13.9. The van der Waals surface area contributed by atoms with Crippen LogP contribution in [0.2, 0.25) is 0 Å². The highest BCUT2D eigenvalue weighted by atomic mass is 15.2. The molecule has 2 spiro atoms. The van der Waals surface area contributed by atoms with Crippen LogP contribution in [-0.4, -0.2) is 0 Å². The van der Waals surface area contributed by atoms with Crippen LogP contribution in [0.15, 0.2) is 352 Å². The van der Waals surface area contributed by atoms with Crippen molar-refractivity contribution in [2.45, 2.75) is 10.8 Å². The van der Waals surface area contributed by atoms with E-state index >= 15 is 0 Å². The lowest BCUT2D eigenvalue weighted by Gasteiger charge is -2.45. The standard InChI is InChI=1S/C92H58N2/c1-4-27-59(28-5-1)60-55-56-64-61(57-60)29-22-38-67(64)88-70-39-23-36-65(68-41-25-49-82-89(68)72-34-10-12-43-76(72)91(82)78-45-14-18-51-84(78)93(62-30-6-2-7-31-62)85-52-19-15-46-79(85)91)74(70)58-75-66(37-24-40-71(75)88)69-42-26-50-83-90(69)73-35-11-13-44-77(73)92(83)80-47-16-20-53-86(80)94(63-32-8-3-9-33-63)87-54-21-17-48-81(87)92/h1-58H. The lowest BCUT2D eigenvalue weighted by Crippen LogP contribution is -2.36. The van der Waals surface area contributed by atoms with Gasteiger partial charge in [-0.2, -0.15) is 0 Å². The molecule has 0 aromatic heterocycles. The number of hydrogen-bond donors (Lipinski definition) is 0. The number of hydrogen-bond acceptors (Lipinski definition) is 2. The molecule has 0 saturated carbocycles. The Morgan fingerprint density at radius 2 is 0.532 bits per heavy atom. The first-order valence-electron chi connectivity index (χ1n) is 32.8. The predicted molar refractivity (Wildman–Crippen MR) is 392 cm³/mol. The van der Waals surface area contributed by atoms with Crippen LogP contribution in [0.3, 0.4) is 0 Å². The maximum atomic E-state index is 2.56. The summed E-state index contributed by atoms with van der Waals surface area (Å²) in [7, 11) is 0. The molecule has 0 atom stereocenters. The third-order valence-electron chi connectivity index (χ3n) is 21.2. The molecule has 2 heterocycles. The monoisotopic (exact) mass is 1190 g/mol. The quantitative estimate of drug-likeness (QED) is 0.153. The molecule has 2 nitrogen and oxygen atoms in total. The van der Waals surface area contributed by atoms with Crippen molar-refractivity contribution in [1.82, 2.24) is 0 Å². The summed E-state index contributed by atoms with van der Waals surface area (Å²) in [5, 5.41) is 7.28. The molecule has 2 heteroatoms. The van der Waals surface area contributed by atoms with Gasteiger partial charge in [0.25, 0.3) is 0 Å². The topological polar surface area (TPSA) is 6.48 Å². The van der Waals surface area contributed by atoms with E-state index in [2.05, 4.69) is 362 Å². The van der Waals surface area contributed by atoms with Gasteiger partial charge >= 0.3 is 0 Å². The molecule has 0 bridgehead atoms. The zero-order valence-corrected chi connectivity index (χ0v) is 51.4. The fourth-order valence-electron chi connectivity index (χ4n) is 17.7. The molecule has 4 aliphatic rings. The maximum absolute atomic E-state index is 2.56. The second kappa shape index (κ2) is 20.2. The molecule has 2 aliphatic carbocycles. The van der Waals surface area contributed by atoms with Gasteiger partial charge in [0, 0.05) is 11.4 Å². The Bertz CT molecular complexity index is 5430. The van der Waals surface area contributed by atoms with E-state index < -0.39 is 10.8 Å². The molecular weight excluding hydrogens is 1130 g/mol. The van der Waals surface area contributed by atoms with Crippen molar-refractivity contribution in [2.24, 2.45) is 0 Å². The second-order valence-electron chi connectivity index (χ2n) is 25.6. The van der Waals surface area contributed by atoms with Crippen LogP contribution in [0.4, 0.5) is 34.1 Å². The molecule has 94 heavy (non-hydrogen) atoms. The summed E-state index contributed by atoms with van der Waals surface area (Å²) >= 11 is 0. The highest BCUT2D eigenvalue weighted by Crippen LogP contribution is 2.67. The highest BCUT2D eigenvalue weighted by molar-refractivity contribution is 6.23. The van der Waals surface area contributed by atoms with E-state index in [1.54, 1.807) is 0 Å². The minimum absolute atomic E-state index is 0.613. The molecule has 20 rings (SSSR count). The summed E-state index contributed by atoms with van der Waals surface area (Å²) in [5.74, 6) is 0. The van der Waals surface area contributed by atoms with Crippen molar-refractivity contribution in [2.75, 3.05) is 9.80 Å². The van der Waals surface area contributed by atoms with Crippen LogP contribution in [0.1, 0.15) is 44.5 Å². The Kier molecular flexibility index (Phi) is 11.3. The first-order chi connectivity index (χ1) is 46.7. The fourth-order valence-corrected chi connectivity index (χ4v) is 17.7. The van der Waals surface area contributed by atoms with Crippen molar-refractivity contribution >= 4 is 66.4 Å². The minimum Gasteiger partial charge on any atom is -0.310 e. The Labute approximate surface area is 546 Å². The molecule has 0 saturated heterocycles. The summed E-state index contributed by atoms with van der Waals surface area (Å²) in [4.78, 5) is 4.94. The Hall–Kier alpha value is -12.1. The molecule has 16 aromatic rings. The van der Waals surface area contributed by atoms with Crippen molar-refractivity contribution < 1.29 is 0 Å². The third kappa shape index (κ3) is 7.09. The lowest BCUT2D eigenvalue weighted by atomic mass is 9.64. The molecule has 0 radical (unpaired) electrons. The van der Waals surface area contributed by atoms with Crippen LogP contribution in [0.5, 0.6) is 0 Å². The van der Waals surface area contributed by atoms with E-state index in [-0.39, 0.29) is 0 Å². The molecule has 2 aliphatic heterocycles. The van der Waals surface area contributed by atoms with E-state index in [0.29, 0.717) is 0 Å². The number of rotatable bonds is 6. The zero-order valence-electron chi connectivity index (χ0n) is 51.4. The molecular formula is C92H58N2. The number of benzene rings is 16.